The van der Waals surface area contributed by atoms with Crippen molar-refractivity contribution in [2.45, 2.75) is 6.92 Å². The van der Waals surface area contributed by atoms with Crippen molar-refractivity contribution in [3.8, 4) is 5.75 Å². The fourth-order valence-corrected chi connectivity index (χ4v) is 1.34. The van der Waals surface area contributed by atoms with E-state index >= 15 is 0 Å². The average molecular weight is 238 g/mol. The molecule has 0 aliphatic heterocycles. The highest BCUT2D eigenvalue weighted by atomic mass is 16.5. The van der Waals surface area contributed by atoms with Crippen LogP contribution in [0.15, 0.2) is 24.3 Å². The number of nitrogens with zero attached hydrogens (tertiary/aromatic N) is 1. The Kier molecular flexibility index (Phi) is 5.45. The molecule has 0 radical (unpaired) electrons. The van der Waals surface area contributed by atoms with E-state index in [4.69, 9.17) is 15.6 Å². The third kappa shape index (κ3) is 4.42. The molecule has 0 saturated carbocycles. The minimum Gasteiger partial charge on any atom is -0.478 e. The Labute approximate surface area is 101 Å². The molecule has 1 aromatic carbocycles. The molecule has 0 saturated heterocycles. The second-order valence-corrected chi connectivity index (χ2v) is 3.60. The van der Waals surface area contributed by atoms with Crippen LogP contribution in [0, 0.1) is 0 Å². The lowest BCUT2D eigenvalue weighted by atomic mass is 10.2. The lowest BCUT2D eigenvalue weighted by Gasteiger charge is -2.19. The monoisotopic (exact) mass is 238 g/mol. The zero-order valence-electron chi connectivity index (χ0n) is 9.93. The van der Waals surface area contributed by atoms with E-state index in [1.165, 1.54) is 0 Å². The standard InChI is InChI=1S/C12H18N2O3/c1-2-14(7-8-15)9-17-11-5-3-10(4-6-11)12(13)16/h3-6,15H,2,7-9H2,1H3,(H2,13,16). The van der Waals surface area contributed by atoms with E-state index in [1.807, 2.05) is 11.8 Å². The number of primary amides is 1. The summed E-state index contributed by atoms with van der Waals surface area (Å²) in [6.07, 6.45) is 0. The van der Waals surface area contributed by atoms with Crippen LogP contribution >= 0.6 is 0 Å². The van der Waals surface area contributed by atoms with Gasteiger partial charge >= 0.3 is 0 Å². The summed E-state index contributed by atoms with van der Waals surface area (Å²) in [5.74, 6) is 0.221. The number of hydrogen-bond acceptors (Lipinski definition) is 4. The van der Waals surface area contributed by atoms with Gasteiger partial charge in [0.1, 0.15) is 12.5 Å². The van der Waals surface area contributed by atoms with Gasteiger partial charge in [0, 0.05) is 12.1 Å². The van der Waals surface area contributed by atoms with E-state index in [1.54, 1.807) is 24.3 Å². The topological polar surface area (TPSA) is 75.8 Å². The van der Waals surface area contributed by atoms with Gasteiger partial charge in [-0.2, -0.15) is 0 Å². The Balaban J connectivity index is 2.48. The minimum atomic E-state index is -0.452. The van der Waals surface area contributed by atoms with Gasteiger partial charge in [0.15, 0.2) is 0 Å². The predicted molar refractivity (Wildman–Crippen MR) is 64.8 cm³/mol. The van der Waals surface area contributed by atoms with Crippen LogP contribution in [0.5, 0.6) is 5.75 Å². The molecule has 0 heterocycles. The SMILES string of the molecule is CCN(CCO)COc1ccc(C(N)=O)cc1. The van der Waals surface area contributed by atoms with Crippen molar-refractivity contribution in [2.24, 2.45) is 5.73 Å². The molecular formula is C12H18N2O3. The summed E-state index contributed by atoms with van der Waals surface area (Å²) < 4.78 is 5.51. The Hall–Kier alpha value is -1.59. The lowest BCUT2D eigenvalue weighted by Crippen LogP contribution is -2.30. The fraction of sp³-hybridized carbons (Fsp3) is 0.417. The number of likely N-dealkylation sites (N-methyl/N-ethyl adjacent to an activating group) is 1. The second-order valence-electron chi connectivity index (χ2n) is 3.60. The first-order valence-corrected chi connectivity index (χ1v) is 5.53. The number of aliphatic hydroxyl groups excluding tert-OH is 1. The highest BCUT2D eigenvalue weighted by Crippen LogP contribution is 2.12. The number of benzene rings is 1. The van der Waals surface area contributed by atoms with E-state index in [0.29, 0.717) is 24.6 Å². The maximum absolute atomic E-state index is 10.9. The van der Waals surface area contributed by atoms with Gasteiger partial charge in [-0.25, -0.2) is 0 Å². The van der Waals surface area contributed by atoms with Crippen molar-refractivity contribution in [3.05, 3.63) is 29.8 Å². The Morgan fingerprint density at radius 3 is 2.53 bits per heavy atom. The number of nitrogens with two attached hydrogens (primary N) is 1. The van der Waals surface area contributed by atoms with Gasteiger partial charge in [0.05, 0.1) is 6.61 Å². The van der Waals surface area contributed by atoms with Crippen LogP contribution in [0.2, 0.25) is 0 Å². The molecule has 1 rings (SSSR count). The number of ether oxygens (including phenoxy) is 1. The molecule has 1 aromatic rings. The highest BCUT2D eigenvalue weighted by molar-refractivity contribution is 5.92. The zero-order valence-corrected chi connectivity index (χ0v) is 9.93. The molecule has 0 fully saturated rings. The fourth-order valence-electron chi connectivity index (χ4n) is 1.34. The van der Waals surface area contributed by atoms with E-state index in [0.717, 1.165) is 6.54 Å². The summed E-state index contributed by atoms with van der Waals surface area (Å²) in [5.41, 5.74) is 5.59. The molecule has 3 N–H and O–H groups in total. The van der Waals surface area contributed by atoms with E-state index in [2.05, 4.69) is 0 Å². The summed E-state index contributed by atoms with van der Waals surface area (Å²) in [6, 6.07) is 6.65. The van der Waals surface area contributed by atoms with Crippen LogP contribution < -0.4 is 10.5 Å². The van der Waals surface area contributed by atoms with Crippen molar-refractivity contribution >= 4 is 5.91 Å². The minimum absolute atomic E-state index is 0.109. The van der Waals surface area contributed by atoms with Crippen molar-refractivity contribution in [1.82, 2.24) is 4.90 Å². The Morgan fingerprint density at radius 1 is 1.41 bits per heavy atom. The predicted octanol–water partition coefficient (Wildman–Crippen LogP) is 0.436. The van der Waals surface area contributed by atoms with Crippen LogP contribution in [-0.4, -0.2) is 42.3 Å². The number of rotatable bonds is 7. The lowest BCUT2D eigenvalue weighted by molar-refractivity contribution is 0.0999. The first-order valence-electron chi connectivity index (χ1n) is 5.53. The van der Waals surface area contributed by atoms with Crippen molar-refractivity contribution in [1.29, 1.82) is 0 Å². The van der Waals surface area contributed by atoms with Gasteiger partial charge in [-0.05, 0) is 30.8 Å². The molecule has 0 unspecified atom stereocenters. The van der Waals surface area contributed by atoms with Gasteiger partial charge in [0.25, 0.3) is 0 Å². The van der Waals surface area contributed by atoms with Crippen LogP contribution in [0.4, 0.5) is 0 Å². The third-order valence-electron chi connectivity index (χ3n) is 2.42. The molecule has 94 valence electrons. The summed E-state index contributed by atoms with van der Waals surface area (Å²) in [5, 5.41) is 8.81. The van der Waals surface area contributed by atoms with Gasteiger partial charge in [-0.15, -0.1) is 0 Å². The zero-order chi connectivity index (χ0) is 12.7. The number of carbonyl (C=O) groups excluding carboxylic acids is 1. The van der Waals surface area contributed by atoms with E-state index in [9.17, 15) is 4.79 Å². The summed E-state index contributed by atoms with van der Waals surface area (Å²) in [6.45, 7) is 3.90. The molecule has 0 aliphatic rings. The average Bonchev–Trinajstić information content (AvgIpc) is 2.35. The molecule has 17 heavy (non-hydrogen) atoms. The largest absolute Gasteiger partial charge is 0.478 e. The van der Waals surface area contributed by atoms with Crippen LogP contribution in [0.1, 0.15) is 17.3 Å². The Morgan fingerprint density at radius 2 is 2.06 bits per heavy atom. The van der Waals surface area contributed by atoms with Crippen molar-refractivity contribution in [2.75, 3.05) is 26.4 Å². The Bertz CT molecular complexity index is 351. The molecule has 0 atom stereocenters. The first kappa shape index (κ1) is 13.5. The van der Waals surface area contributed by atoms with Crippen LogP contribution in [0.3, 0.4) is 0 Å². The molecule has 0 bridgehead atoms. The van der Waals surface area contributed by atoms with Crippen molar-refractivity contribution < 1.29 is 14.6 Å². The molecule has 0 aromatic heterocycles. The number of hydrogen-bond donors (Lipinski definition) is 2. The summed E-state index contributed by atoms with van der Waals surface area (Å²) in [4.78, 5) is 12.8. The first-order chi connectivity index (χ1) is 8.17. The van der Waals surface area contributed by atoms with E-state index < -0.39 is 5.91 Å². The number of carbonyl (C=O) groups is 1. The second kappa shape index (κ2) is 6.88. The molecule has 0 aliphatic carbocycles. The summed E-state index contributed by atoms with van der Waals surface area (Å²) >= 11 is 0. The molecule has 0 spiro atoms. The quantitative estimate of drug-likeness (QED) is 0.676. The van der Waals surface area contributed by atoms with E-state index in [-0.39, 0.29) is 6.61 Å². The van der Waals surface area contributed by atoms with Gasteiger partial charge in [-0.1, -0.05) is 6.92 Å². The number of amides is 1. The van der Waals surface area contributed by atoms with Gasteiger partial charge in [-0.3, -0.25) is 9.69 Å². The molecule has 5 heteroatoms. The maximum Gasteiger partial charge on any atom is 0.248 e. The van der Waals surface area contributed by atoms with Crippen LogP contribution in [-0.2, 0) is 0 Å². The third-order valence-corrected chi connectivity index (χ3v) is 2.42. The van der Waals surface area contributed by atoms with Crippen LogP contribution in [0.25, 0.3) is 0 Å². The van der Waals surface area contributed by atoms with Gasteiger partial charge < -0.3 is 15.6 Å². The smallest absolute Gasteiger partial charge is 0.248 e. The molecule has 5 nitrogen and oxygen atoms in total. The maximum atomic E-state index is 10.9. The molecular weight excluding hydrogens is 220 g/mol. The molecule has 1 amide bonds. The highest BCUT2D eigenvalue weighted by Gasteiger charge is 2.03. The van der Waals surface area contributed by atoms with Gasteiger partial charge in [0.2, 0.25) is 5.91 Å². The normalized spacial score (nSPS) is 10.5. The van der Waals surface area contributed by atoms with Crippen molar-refractivity contribution in [3.63, 3.8) is 0 Å². The number of aliphatic hydroxyl groups is 1. The summed E-state index contributed by atoms with van der Waals surface area (Å²) in [7, 11) is 0.